The van der Waals surface area contributed by atoms with Gasteiger partial charge in [-0.2, -0.15) is 0 Å². The van der Waals surface area contributed by atoms with Crippen LogP contribution < -0.4 is 10.1 Å². The van der Waals surface area contributed by atoms with E-state index in [-0.39, 0.29) is 24.9 Å². The Hall–Kier alpha value is -2.08. The number of amides is 2. The first-order valence-electron chi connectivity index (χ1n) is 8.06. The van der Waals surface area contributed by atoms with Gasteiger partial charge in [0.25, 0.3) is 0 Å². The van der Waals surface area contributed by atoms with Crippen molar-refractivity contribution in [2.24, 2.45) is 0 Å². The highest BCUT2D eigenvalue weighted by Gasteiger charge is 2.18. The second-order valence-corrected chi connectivity index (χ2v) is 5.76. The van der Waals surface area contributed by atoms with Gasteiger partial charge in [-0.25, -0.2) is 0 Å². The van der Waals surface area contributed by atoms with Crippen molar-refractivity contribution in [1.29, 1.82) is 0 Å². The van der Waals surface area contributed by atoms with E-state index in [0.717, 1.165) is 31.7 Å². The van der Waals surface area contributed by atoms with Gasteiger partial charge in [0, 0.05) is 19.6 Å². The minimum atomic E-state index is -0.139. The summed E-state index contributed by atoms with van der Waals surface area (Å²) in [6.07, 6.45) is 2.12. The van der Waals surface area contributed by atoms with Crippen molar-refractivity contribution in [2.75, 3.05) is 46.4 Å². The molecule has 6 heteroatoms. The predicted molar refractivity (Wildman–Crippen MR) is 88.3 cm³/mol. The molecular weight excluding hydrogens is 294 g/mol. The van der Waals surface area contributed by atoms with Crippen LogP contribution in [0, 0.1) is 0 Å². The van der Waals surface area contributed by atoms with Crippen molar-refractivity contribution in [1.82, 2.24) is 15.1 Å². The van der Waals surface area contributed by atoms with E-state index in [1.165, 1.54) is 0 Å². The number of para-hydroxylation sites is 1. The van der Waals surface area contributed by atoms with Crippen LogP contribution in [0.4, 0.5) is 0 Å². The lowest BCUT2D eigenvalue weighted by Crippen LogP contribution is -2.42. The number of nitrogens with one attached hydrogen (secondary N) is 1. The molecule has 1 aromatic carbocycles. The number of nitrogens with zero attached hydrogens (tertiary/aromatic N) is 2. The molecular formula is C17H25N3O3. The molecule has 0 bridgehead atoms. The van der Waals surface area contributed by atoms with Crippen molar-refractivity contribution >= 4 is 11.8 Å². The number of likely N-dealkylation sites (N-methyl/N-ethyl adjacent to an activating group) is 1. The number of carbonyl (C=O) groups is 2. The molecule has 6 nitrogen and oxygen atoms in total. The minimum Gasteiger partial charge on any atom is -0.492 e. The van der Waals surface area contributed by atoms with Gasteiger partial charge < -0.3 is 15.0 Å². The van der Waals surface area contributed by atoms with Crippen LogP contribution in [0.2, 0.25) is 0 Å². The number of benzene rings is 1. The average molecular weight is 319 g/mol. The zero-order valence-corrected chi connectivity index (χ0v) is 13.7. The highest BCUT2D eigenvalue weighted by molar-refractivity contribution is 5.85. The molecule has 126 valence electrons. The van der Waals surface area contributed by atoms with Gasteiger partial charge in [0.15, 0.2) is 0 Å². The Morgan fingerprint density at radius 1 is 1.22 bits per heavy atom. The molecule has 1 aromatic rings. The van der Waals surface area contributed by atoms with E-state index in [9.17, 15) is 9.59 Å². The second-order valence-electron chi connectivity index (χ2n) is 5.76. The predicted octanol–water partition coefficient (Wildman–Crippen LogP) is 0.736. The van der Waals surface area contributed by atoms with E-state index in [4.69, 9.17) is 4.74 Å². The van der Waals surface area contributed by atoms with Gasteiger partial charge >= 0.3 is 0 Å². The van der Waals surface area contributed by atoms with Crippen LogP contribution in [0.1, 0.15) is 12.8 Å². The van der Waals surface area contributed by atoms with Crippen LogP contribution in [0.15, 0.2) is 30.3 Å². The summed E-state index contributed by atoms with van der Waals surface area (Å²) in [7, 11) is 1.86. The van der Waals surface area contributed by atoms with Crippen LogP contribution in [0.5, 0.6) is 5.75 Å². The molecule has 0 aromatic heterocycles. The molecule has 1 saturated heterocycles. The zero-order chi connectivity index (χ0) is 16.5. The lowest BCUT2D eigenvalue weighted by molar-refractivity contribution is -0.132. The summed E-state index contributed by atoms with van der Waals surface area (Å²) in [5, 5.41) is 2.69. The summed E-state index contributed by atoms with van der Waals surface area (Å²) >= 11 is 0. The molecule has 1 N–H and O–H groups in total. The Labute approximate surface area is 137 Å². The van der Waals surface area contributed by atoms with Crippen molar-refractivity contribution in [2.45, 2.75) is 12.8 Å². The molecule has 1 aliphatic heterocycles. The SMILES string of the molecule is CN(CCOc1ccccc1)CC(=O)NCC(=O)N1CCCC1. The number of hydrogen-bond donors (Lipinski definition) is 1. The van der Waals surface area contributed by atoms with Crippen LogP contribution in [-0.4, -0.2) is 68.0 Å². The lowest BCUT2D eigenvalue weighted by Gasteiger charge is -2.18. The normalized spacial score (nSPS) is 14.1. The molecule has 0 spiro atoms. The minimum absolute atomic E-state index is 0.00548. The van der Waals surface area contributed by atoms with Gasteiger partial charge in [-0.05, 0) is 32.0 Å². The topological polar surface area (TPSA) is 61.9 Å². The molecule has 2 rings (SSSR count). The number of rotatable bonds is 8. The molecule has 1 aliphatic rings. The molecule has 0 atom stereocenters. The third-order valence-electron chi connectivity index (χ3n) is 3.79. The molecule has 1 heterocycles. The van der Waals surface area contributed by atoms with Gasteiger partial charge in [0.1, 0.15) is 12.4 Å². The fourth-order valence-corrected chi connectivity index (χ4v) is 2.47. The summed E-state index contributed by atoms with van der Waals surface area (Å²) in [4.78, 5) is 27.4. The first kappa shape index (κ1) is 17.3. The Bertz CT molecular complexity index is 501. The van der Waals surface area contributed by atoms with Gasteiger partial charge in [-0.3, -0.25) is 14.5 Å². The Balaban J connectivity index is 1.57. The van der Waals surface area contributed by atoms with Gasteiger partial charge in [-0.15, -0.1) is 0 Å². The highest BCUT2D eigenvalue weighted by atomic mass is 16.5. The van der Waals surface area contributed by atoms with Crippen molar-refractivity contribution in [3.8, 4) is 5.75 Å². The van der Waals surface area contributed by atoms with E-state index in [1.807, 2.05) is 42.3 Å². The summed E-state index contributed by atoms with van der Waals surface area (Å²) in [5.74, 6) is 0.687. The number of ether oxygens (including phenoxy) is 1. The first-order chi connectivity index (χ1) is 11.1. The molecule has 2 amide bonds. The average Bonchev–Trinajstić information content (AvgIpc) is 3.08. The lowest BCUT2D eigenvalue weighted by atomic mass is 10.3. The standard InChI is InChI=1S/C17H25N3O3/c1-19(11-12-23-15-7-3-2-4-8-15)14-16(21)18-13-17(22)20-9-5-6-10-20/h2-4,7-8H,5-6,9-14H2,1H3,(H,18,21). The van der Waals surface area contributed by atoms with Crippen molar-refractivity contribution < 1.29 is 14.3 Å². The smallest absolute Gasteiger partial charge is 0.241 e. The van der Waals surface area contributed by atoms with Gasteiger partial charge in [0.05, 0.1) is 13.1 Å². The molecule has 0 radical (unpaired) electrons. The third-order valence-corrected chi connectivity index (χ3v) is 3.79. The third kappa shape index (κ3) is 6.28. The van der Waals surface area contributed by atoms with Crippen LogP contribution in [0.3, 0.4) is 0 Å². The highest BCUT2D eigenvalue weighted by Crippen LogP contribution is 2.08. The summed E-state index contributed by atoms with van der Waals surface area (Å²) in [6, 6.07) is 9.58. The van der Waals surface area contributed by atoms with Gasteiger partial charge in [-0.1, -0.05) is 18.2 Å². The molecule has 23 heavy (non-hydrogen) atoms. The molecule has 0 unspecified atom stereocenters. The van der Waals surface area contributed by atoms with Crippen LogP contribution >= 0.6 is 0 Å². The fraction of sp³-hybridized carbons (Fsp3) is 0.529. The maximum atomic E-state index is 11.8. The van der Waals surface area contributed by atoms with E-state index < -0.39 is 0 Å². The van der Waals surface area contributed by atoms with Crippen molar-refractivity contribution in [3.63, 3.8) is 0 Å². The van der Waals surface area contributed by atoms with E-state index >= 15 is 0 Å². The zero-order valence-electron chi connectivity index (χ0n) is 13.7. The van der Waals surface area contributed by atoms with Crippen LogP contribution in [0.25, 0.3) is 0 Å². The van der Waals surface area contributed by atoms with Gasteiger partial charge in [0.2, 0.25) is 11.8 Å². The maximum absolute atomic E-state index is 11.8. The summed E-state index contributed by atoms with van der Waals surface area (Å²) < 4.78 is 5.59. The molecule has 0 aliphatic carbocycles. The Kier molecular flexibility index (Phi) is 6.87. The van der Waals surface area contributed by atoms with E-state index in [0.29, 0.717) is 13.2 Å². The summed E-state index contributed by atoms with van der Waals surface area (Å²) in [6.45, 7) is 3.12. The maximum Gasteiger partial charge on any atom is 0.241 e. The van der Waals surface area contributed by atoms with E-state index in [1.54, 1.807) is 4.90 Å². The van der Waals surface area contributed by atoms with Crippen molar-refractivity contribution in [3.05, 3.63) is 30.3 Å². The molecule has 1 fully saturated rings. The number of hydrogen-bond acceptors (Lipinski definition) is 4. The monoisotopic (exact) mass is 319 g/mol. The quantitative estimate of drug-likeness (QED) is 0.767. The second kappa shape index (κ2) is 9.15. The van der Waals surface area contributed by atoms with Crippen LogP contribution in [-0.2, 0) is 9.59 Å². The van der Waals surface area contributed by atoms with E-state index in [2.05, 4.69) is 5.32 Å². The molecule has 0 saturated carbocycles. The number of likely N-dealkylation sites (tertiary alicyclic amines) is 1. The number of carbonyl (C=O) groups excluding carboxylic acids is 2. The summed E-state index contributed by atoms with van der Waals surface area (Å²) in [5.41, 5.74) is 0. The Morgan fingerprint density at radius 2 is 1.91 bits per heavy atom. The largest absolute Gasteiger partial charge is 0.492 e. The first-order valence-corrected chi connectivity index (χ1v) is 8.06. The fourth-order valence-electron chi connectivity index (χ4n) is 2.47. The Morgan fingerprint density at radius 3 is 2.61 bits per heavy atom.